The number of amides is 1. The monoisotopic (exact) mass is 454 g/mol. The zero-order valence-electron chi connectivity index (χ0n) is 19.0. The summed E-state index contributed by atoms with van der Waals surface area (Å²) in [6.07, 6.45) is 1.61. The molecule has 8 nitrogen and oxygen atoms in total. The highest BCUT2D eigenvalue weighted by molar-refractivity contribution is 5.94. The maximum atomic E-state index is 10.9. The average molecular weight is 455 g/mol. The van der Waals surface area contributed by atoms with Gasteiger partial charge in [-0.05, 0) is 19.1 Å². The largest absolute Gasteiger partial charge is 0.503 e. The first-order valence-electron chi connectivity index (χ1n) is 10.3. The quantitative estimate of drug-likeness (QED) is 0.518. The molecule has 8 heteroatoms. The van der Waals surface area contributed by atoms with Crippen molar-refractivity contribution >= 4 is 11.9 Å². The van der Waals surface area contributed by atoms with E-state index >= 15 is 0 Å². The fourth-order valence-electron chi connectivity index (χ4n) is 2.24. The molecule has 0 saturated heterocycles. The highest BCUT2D eigenvalue weighted by Crippen LogP contribution is 2.26. The lowest BCUT2D eigenvalue weighted by Crippen LogP contribution is -2.21. The molecule has 1 heterocycles. The number of methoxy groups -OCH3 is 1. The molecular weight excluding hydrogens is 424 g/mol. The summed E-state index contributed by atoms with van der Waals surface area (Å²) in [7, 11) is 1.37. The minimum atomic E-state index is -0.786. The van der Waals surface area contributed by atoms with E-state index in [0.29, 0.717) is 13.0 Å². The molecule has 0 aliphatic carbocycles. The number of ether oxygens (including phenoxy) is 3. The number of nitrogens with zero attached hydrogens (tertiary/aromatic N) is 1. The van der Waals surface area contributed by atoms with Gasteiger partial charge in [0.2, 0.25) is 0 Å². The Bertz CT molecular complexity index is 925. The molecule has 3 aromatic rings. The van der Waals surface area contributed by atoms with Gasteiger partial charge in [-0.2, -0.15) is 0 Å². The van der Waals surface area contributed by atoms with Crippen molar-refractivity contribution in [1.82, 2.24) is 4.98 Å². The number of aromatic hydroxyl groups is 1. The SMILES string of the molecule is CCC(=O)OCC(C)Oc1ccccc1.COc1ccnc(C(N)=O)c1O.c1ccccc1. The van der Waals surface area contributed by atoms with Crippen LogP contribution in [0.1, 0.15) is 30.8 Å². The van der Waals surface area contributed by atoms with Crippen LogP contribution in [0, 0.1) is 0 Å². The third kappa shape index (κ3) is 11.2. The van der Waals surface area contributed by atoms with Gasteiger partial charge in [0.15, 0.2) is 17.2 Å². The number of hydrogen-bond donors (Lipinski definition) is 2. The van der Waals surface area contributed by atoms with Gasteiger partial charge < -0.3 is 25.1 Å². The summed E-state index contributed by atoms with van der Waals surface area (Å²) >= 11 is 0. The van der Waals surface area contributed by atoms with Crippen LogP contribution in [0.4, 0.5) is 0 Å². The number of nitrogens with two attached hydrogens (primary N) is 1. The van der Waals surface area contributed by atoms with E-state index in [9.17, 15) is 14.7 Å². The first-order valence-corrected chi connectivity index (χ1v) is 10.3. The zero-order chi connectivity index (χ0) is 24.5. The predicted molar refractivity (Wildman–Crippen MR) is 125 cm³/mol. The number of pyridine rings is 1. The molecule has 0 spiro atoms. The summed E-state index contributed by atoms with van der Waals surface area (Å²) in [4.78, 5) is 25.1. The van der Waals surface area contributed by atoms with E-state index in [-0.39, 0.29) is 29.3 Å². The minimum absolute atomic E-state index is 0.122. The lowest BCUT2D eigenvalue weighted by Gasteiger charge is -2.14. The molecule has 3 rings (SSSR count). The van der Waals surface area contributed by atoms with Crippen LogP contribution in [0.15, 0.2) is 79.0 Å². The summed E-state index contributed by atoms with van der Waals surface area (Å²) < 4.78 is 15.2. The summed E-state index contributed by atoms with van der Waals surface area (Å²) in [5.74, 6) is -0.339. The Morgan fingerprint density at radius 3 is 2.03 bits per heavy atom. The van der Waals surface area contributed by atoms with Gasteiger partial charge in [0.05, 0.1) is 7.11 Å². The average Bonchev–Trinajstić information content (AvgIpc) is 2.85. The van der Waals surface area contributed by atoms with Crippen LogP contribution < -0.4 is 15.2 Å². The third-order valence-corrected chi connectivity index (χ3v) is 3.86. The van der Waals surface area contributed by atoms with Gasteiger partial charge in [-0.3, -0.25) is 9.59 Å². The second-order valence-corrected chi connectivity index (χ2v) is 6.51. The van der Waals surface area contributed by atoms with Crippen molar-refractivity contribution < 1.29 is 28.9 Å². The van der Waals surface area contributed by atoms with Crippen LogP contribution >= 0.6 is 0 Å². The molecule has 0 radical (unpaired) electrons. The van der Waals surface area contributed by atoms with Crippen LogP contribution in [-0.4, -0.2) is 41.8 Å². The number of primary amides is 1. The van der Waals surface area contributed by atoms with Gasteiger partial charge in [0.25, 0.3) is 5.91 Å². The van der Waals surface area contributed by atoms with Crippen molar-refractivity contribution in [1.29, 1.82) is 0 Å². The second-order valence-electron chi connectivity index (χ2n) is 6.51. The molecule has 0 aliphatic rings. The van der Waals surface area contributed by atoms with Gasteiger partial charge in [-0.15, -0.1) is 0 Å². The van der Waals surface area contributed by atoms with E-state index in [4.69, 9.17) is 19.9 Å². The molecule has 1 aromatic heterocycles. The fraction of sp³-hybridized carbons (Fsp3) is 0.240. The highest BCUT2D eigenvalue weighted by Gasteiger charge is 2.12. The standard InChI is InChI=1S/C12H16O3.C7H8N2O3.C6H6/c1-3-12(13)14-9-10(2)15-11-7-5-4-6-8-11;1-12-4-2-3-9-5(6(4)10)7(8)11;1-2-4-6-5-3-1/h4-8,10H,3,9H2,1-2H3;2-3,10H,1H3,(H2,8,11);1-6H. The van der Waals surface area contributed by atoms with Gasteiger partial charge >= 0.3 is 5.97 Å². The Hall–Kier alpha value is -4.07. The zero-order valence-corrected chi connectivity index (χ0v) is 19.0. The van der Waals surface area contributed by atoms with Crippen LogP contribution in [-0.2, 0) is 9.53 Å². The predicted octanol–water partition coefficient (Wildman–Crippen LogP) is 3.99. The molecule has 2 aromatic carbocycles. The molecule has 33 heavy (non-hydrogen) atoms. The molecule has 1 atom stereocenters. The molecule has 3 N–H and O–H groups in total. The van der Waals surface area contributed by atoms with E-state index in [1.54, 1.807) is 6.92 Å². The normalized spacial score (nSPS) is 10.3. The lowest BCUT2D eigenvalue weighted by atomic mass is 10.3. The van der Waals surface area contributed by atoms with Crippen LogP contribution in [0.25, 0.3) is 0 Å². The Morgan fingerprint density at radius 1 is 1.00 bits per heavy atom. The maximum Gasteiger partial charge on any atom is 0.305 e. The third-order valence-electron chi connectivity index (χ3n) is 3.86. The number of aromatic nitrogens is 1. The first-order chi connectivity index (χ1) is 15.9. The number of carbonyl (C=O) groups excluding carboxylic acids is 2. The number of hydrogen-bond acceptors (Lipinski definition) is 7. The lowest BCUT2D eigenvalue weighted by molar-refractivity contribution is -0.145. The van der Waals surface area contributed by atoms with Crippen molar-refractivity contribution in [2.24, 2.45) is 5.73 Å². The summed E-state index contributed by atoms with van der Waals surface area (Å²) in [5, 5.41) is 9.27. The van der Waals surface area contributed by atoms with Crippen LogP contribution in [0.2, 0.25) is 0 Å². The van der Waals surface area contributed by atoms with Crippen LogP contribution in [0.3, 0.4) is 0 Å². The molecule has 0 bridgehead atoms. The minimum Gasteiger partial charge on any atom is -0.503 e. The molecule has 0 saturated carbocycles. The van der Waals surface area contributed by atoms with Crippen molar-refractivity contribution in [3.05, 3.63) is 84.7 Å². The maximum absolute atomic E-state index is 10.9. The van der Waals surface area contributed by atoms with Crippen molar-refractivity contribution in [2.75, 3.05) is 13.7 Å². The van der Waals surface area contributed by atoms with E-state index in [1.165, 1.54) is 19.4 Å². The molecular formula is C25H30N2O6. The number of carbonyl (C=O) groups is 2. The molecule has 0 aliphatic heterocycles. The summed E-state index contributed by atoms with van der Waals surface area (Å²) in [6, 6.07) is 22.9. The first kappa shape index (κ1) is 27.0. The Balaban J connectivity index is 0.000000268. The molecule has 0 fully saturated rings. The number of rotatable bonds is 7. The van der Waals surface area contributed by atoms with Gasteiger partial charge in [0.1, 0.15) is 18.5 Å². The molecule has 176 valence electrons. The van der Waals surface area contributed by atoms with Crippen molar-refractivity contribution in [3.63, 3.8) is 0 Å². The fourth-order valence-corrected chi connectivity index (χ4v) is 2.24. The number of para-hydroxylation sites is 1. The second kappa shape index (κ2) is 15.7. The van der Waals surface area contributed by atoms with Crippen LogP contribution in [0.5, 0.6) is 17.2 Å². The van der Waals surface area contributed by atoms with Crippen molar-refractivity contribution in [2.45, 2.75) is 26.4 Å². The van der Waals surface area contributed by atoms with Gasteiger partial charge in [-0.25, -0.2) is 4.98 Å². The summed E-state index contributed by atoms with van der Waals surface area (Å²) in [6.45, 7) is 3.93. The van der Waals surface area contributed by atoms with E-state index in [0.717, 1.165) is 5.75 Å². The van der Waals surface area contributed by atoms with E-state index < -0.39 is 5.91 Å². The molecule has 1 amide bonds. The summed E-state index contributed by atoms with van der Waals surface area (Å²) in [5.41, 5.74) is 4.74. The number of esters is 1. The Kier molecular flexibility index (Phi) is 12.8. The smallest absolute Gasteiger partial charge is 0.305 e. The number of benzene rings is 2. The van der Waals surface area contributed by atoms with Gasteiger partial charge in [0, 0.05) is 18.7 Å². The topological polar surface area (TPSA) is 121 Å². The van der Waals surface area contributed by atoms with E-state index in [1.807, 2.05) is 73.7 Å². The van der Waals surface area contributed by atoms with Crippen molar-refractivity contribution in [3.8, 4) is 17.2 Å². The Labute approximate surface area is 193 Å². The molecule has 1 unspecified atom stereocenters. The van der Waals surface area contributed by atoms with E-state index in [2.05, 4.69) is 4.98 Å². The Morgan fingerprint density at radius 2 is 1.55 bits per heavy atom. The van der Waals surface area contributed by atoms with Gasteiger partial charge in [-0.1, -0.05) is 61.5 Å². The highest BCUT2D eigenvalue weighted by atomic mass is 16.6.